The number of carbonyl (C=O) groups is 1. The van der Waals surface area contributed by atoms with Crippen molar-refractivity contribution in [2.24, 2.45) is 0 Å². The van der Waals surface area contributed by atoms with Crippen LogP contribution in [0.3, 0.4) is 0 Å². The molecule has 0 aliphatic carbocycles. The molecule has 4 rings (SSSR count). The minimum absolute atomic E-state index is 0.0556. The van der Waals surface area contributed by atoms with Crippen LogP contribution in [-0.2, 0) is 37.6 Å². The molecule has 2 aromatic rings. The molecule has 2 aliphatic rings. The van der Waals surface area contributed by atoms with Crippen molar-refractivity contribution in [3.8, 4) is 0 Å². The molecule has 0 spiro atoms. The van der Waals surface area contributed by atoms with Crippen LogP contribution in [0.15, 0.2) is 30.3 Å². The van der Waals surface area contributed by atoms with Gasteiger partial charge < -0.3 is 10.0 Å². The highest BCUT2D eigenvalue weighted by Gasteiger charge is 2.26. The van der Waals surface area contributed by atoms with E-state index >= 15 is 0 Å². The molecule has 1 N–H and O–H groups in total. The van der Waals surface area contributed by atoms with E-state index in [1.165, 1.54) is 11.1 Å². The molecule has 0 radical (unpaired) electrons. The van der Waals surface area contributed by atoms with E-state index < -0.39 is 0 Å². The lowest BCUT2D eigenvalue weighted by molar-refractivity contribution is -0.134. The van der Waals surface area contributed by atoms with Gasteiger partial charge >= 0.3 is 0 Å². The van der Waals surface area contributed by atoms with Crippen LogP contribution in [-0.4, -0.2) is 43.7 Å². The van der Waals surface area contributed by atoms with Crippen LogP contribution in [0.4, 0.5) is 0 Å². The zero-order chi connectivity index (χ0) is 15.8. The van der Waals surface area contributed by atoms with Gasteiger partial charge in [0.15, 0.2) is 0 Å². The van der Waals surface area contributed by atoms with Gasteiger partial charge in [0.2, 0.25) is 5.91 Å². The van der Waals surface area contributed by atoms with Gasteiger partial charge in [-0.25, -0.2) is 0 Å². The Kier molecular flexibility index (Phi) is 3.63. The second-order valence-electron chi connectivity index (χ2n) is 6.24. The van der Waals surface area contributed by atoms with Gasteiger partial charge in [0, 0.05) is 19.6 Å². The number of hydrogen-bond donors (Lipinski definition) is 1. The van der Waals surface area contributed by atoms with Gasteiger partial charge in [0.1, 0.15) is 0 Å². The maximum Gasteiger partial charge on any atom is 0.237 e. The van der Waals surface area contributed by atoms with E-state index in [1.807, 2.05) is 15.6 Å². The van der Waals surface area contributed by atoms with Crippen LogP contribution < -0.4 is 0 Å². The third-order valence-electron chi connectivity index (χ3n) is 4.63. The fraction of sp³-hybridized carbons (Fsp3) is 0.412. The van der Waals surface area contributed by atoms with Crippen molar-refractivity contribution < 1.29 is 9.90 Å². The van der Waals surface area contributed by atoms with Crippen molar-refractivity contribution >= 4 is 5.91 Å². The number of rotatable bonds is 3. The van der Waals surface area contributed by atoms with E-state index in [0.717, 1.165) is 18.8 Å². The molecule has 6 heteroatoms. The van der Waals surface area contributed by atoms with Crippen LogP contribution >= 0.6 is 0 Å². The summed E-state index contributed by atoms with van der Waals surface area (Å²) in [5, 5.41) is 13.5. The first kappa shape index (κ1) is 14.4. The molecule has 0 atom stereocenters. The van der Waals surface area contributed by atoms with E-state index in [9.17, 15) is 9.90 Å². The number of fused-ring (bicyclic) bond motifs is 2. The molecule has 1 aromatic carbocycles. The Hall–Kier alpha value is -2.18. The maximum atomic E-state index is 12.6. The predicted octanol–water partition coefficient (Wildman–Crippen LogP) is 0.733. The van der Waals surface area contributed by atoms with Crippen LogP contribution in [0, 0.1) is 0 Å². The van der Waals surface area contributed by atoms with Gasteiger partial charge in [-0.15, -0.1) is 0 Å². The summed E-state index contributed by atoms with van der Waals surface area (Å²) in [7, 11) is 0. The number of aromatic nitrogens is 2. The van der Waals surface area contributed by atoms with Crippen LogP contribution in [0.5, 0.6) is 0 Å². The minimum atomic E-state index is -0.0556. The van der Waals surface area contributed by atoms with Gasteiger partial charge in [0.05, 0.1) is 37.6 Å². The highest BCUT2D eigenvalue weighted by molar-refractivity contribution is 5.78. The number of benzene rings is 1. The van der Waals surface area contributed by atoms with E-state index in [4.69, 9.17) is 0 Å². The molecule has 0 saturated heterocycles. The Morgan fingerprint density at radius 1 is 1.13 bits per heavy atom. The number of amides is 1. The van der Waals surface area contributed by atoms with Gasteiger partial charge in [-0.1, -0.05) is 24.3 Å². The molecular formula is C17H20N4O2. The lowest BCUT2D eigenvalue weighted by atomic mass is 10.1. The lowest BCUT2D eigenvalue weighted by Crippen LogP contribution is -2.42. The Morgan fingerprint density at radius 2 is 1.87 bits per heavy atom. The second-order valence-corrected chi connectivity index (χ2v) is 6.24. The third kappa shape index (κ3) is 2.75. The molecule has 23 heavy (non-hydrogen) atoms. The van der Waals surface area contributed by atoms with E-state index in [-0.39, 0.29) is 12.5 Å². The summed E-state index contributed by atoms with van der Waals surface area (Å²) in [6.45, 7) is 4.05. The van der Waals surface area contributed by atoms with Crippen LogP contribution in [0.1, 0.15) is 22.5 Å². The molecule has 3 heterocycles. The standard InChI is InChI=1S/C17H20N4O2/c22-12-15-7-16-10-20(5-6-21(16)18-15)17(23)11-19-8-13-3-1-2-4-14(13)9-19/h1-4,7,22H,5-6,8-12H2. The monoisotopic (exact) mass is 312 g/mol. The molecule has 2 aliphatic heterocycles. The molecular weight excluding hydrogens is 292 g/mol. The maximum absolute atomic E-state index is 12.6. The van der Waals surface area contributed by atoms with Gasteiger partial charge in [-0.3, -0.25) is 14.4 Å². The zero-order valence-electron chi connectivity index (χ0n) is 13.0. The normalized spacial score (nSPS) is 17.2. The Morgan fingerprint density at radius 3 is 2.57 bits per heavy atom. The summed E-state index contributed by atoms with van der Waals surface area (Å²) < 4.78 is 1.89. The Balaban J connectivity index is 1.39. The largest absolute Gasteiger partial charge is 0.390 e. The average Bonchev–Trinajstić information content (AvgIpc) is 3.16. The van der Waals surface area contributed by atoms with Gasteiger partial charge in [-0.05, 0) is 17.2 Å². The second kappa shape index (κ2) is 5.79. The summed E-state index contributed by atoms with van der Waals surface area (Å²) in [5.41, 5.74) is 4.32. The number of aliphatic hydroxyl groups is 1. The predicted molar refractivity (Wildman–Crippen MR) is 84.1 cm³/mol. The molecule has 6 nitrogen and oxygen atoms in total. The first-order chi connectivity index (χ1) is 11.2. The van der Waals surface area contributed by atoms with E-state index in [0.29, 0.717) is 31.9 Å². The lowest BCUT2D eigenvalue weighted by Gasteiger charge is -2.29. The third-order valence-corrected chi connectivity index (χ3v) is 4.63. The number of aliphatic hydroxyl groups excluding tert-OH is 1. The summed E-state index contributed by atoms with van der Waals surface area (Å²) in [5.74, 6) is 0.163. The van der Waals surface area contributed by atoms with Crippen LogP contribution in [0.2, 0.25) is 0 Å². The molecule has 0 fully saturated rings. The average molecular weight is 312 g/mol. The van der Waals surface area contributed by atoms with Crippen LogP contribution in [0.25, 0.3) is 0 Å². The van der Waals surface area contributed by atoms with Crippen molar-refractivity contribution in [2.75, 3.05) is 13.1 Å². The first-order valence-electron chi connectivity index (χ1n) is 7.96. The van der Waals surface area contributed by atoms with Crippen molar-refractivity contribution in [1.29, 1.82) is 0 Å². The molecule has 1 amide bonds. The summed E-state index contributed by atoms with van der Waals surface area (Å²) >= 11 is 0. The number of carbonyl (C=O) groups excluding carboxylic acids is 1. The highest BCUT2D eigenvalue weighted by Crippen LogP contribution is 2.22. The summed E-state index contributed by atoms with van der Waals surface area (Å²) in [6, 6.07) is 10.2. The number of nitrogens with zero attached hydrogens (tertiary/aromatic N) is 4. The van der Waals surface area contributed by atoms with E-state index in [1.54, 1.807) is 0 Å². The van der Waals surface area contributed by atoms with Crippen molar-refractivity contribution in [3.63, 3.8) is 0 Å². The van der Waals surface area contributed by atoms with Crippen molar-refractivity contribution in [1.82, 2.24) is 19.6 Å². The molecule has 0 unspecified atom stereocenters. The van der Waals surface area contributed by atoms with E-state index in [2.05, 4.69) is 34.3 Å². The summed E-state index contributed by atoms with van der Waals surface area (Å²) in [6.07, 6.45) is 0. The fourth-order valence-corrected chi connectivity index (χ4v) is 3.42. The van der Waals surface area contributed by atoms with Gasteiger partial charge in [0.25, 0.3) is 0 Å². The minimum Gasteiger partial charge on any atom is -0.390 e. The van der Waals surface area contributed by atoms with Gasteiger partial charge in [-0.2, -0.15) is 5.10 Å². The smallest absolute Gasteiger partial charge is 0.237 e. The molecule has 120 valence electrons. The number of hydrogen-bond acceptors (Lipinski definition) is 4. The Labute approximate surface area is 134 Å². The molecule has 0 bridgehead atoms. The Bertz CT molecular complexity index is 715. The van der Waals surface area contributed by atoms with Crippen molar-refractivity contribution in [2.45, 2.75) is 32.8 Å². The fourth-order valence-electron chi connectivity index (χ4n) is 3.42. The highest BCUT2D eigenvalue weighted by atomic mass is 16.3. The first-order valence-corrected chi connectivity index (χ1v) is 7.96. The zero-order valence-corrected chi connectivity index (χ0v) is 13.0. The molecule has 0 saturated carbocycles. The summed E-state index contributed by atoms with van der Waals surface area (Å²) in [4.78, 5) is 16.7. The quantitative estimate of drug-likeness (QED) is 0.908. The SMILES string of the molecule is O=C(CN1Cc2ccccc2C1)N1CCn2nc(CO)cc2C1. The topological polar surface area (TPSA) is 61.6 Å². The molecule has 1 aromatic heterocycles. The van der Waals surface area contributed by atoms with Crippen molar-refractivity contribution in [3.05, 3.63) is 52.8 Å².